The molecule has 1 rings (SSSR count). The van der Waals surface area contributed by atoms with Crippen molar-refractivity contribution < 1.29 is 9.66 Å². The number of benzene rings is 1. The van der Waals surface area contributed by atoms with Gasteiger partial charge < -0.3 is 10.5 Å². The fraction of sp³-hybridized carbons (Fsp3) is 0.143. The van der Waals surface area contributed by atoms with Crippen molar-refractivity contribution in [1.82, 2.24) is 0 Å². The van der Waals surface area contributed by atoms with Crippen LogP contribution < -0.4 is 10.5 Å². The number of para-hydroxylation sites is 2. The molecular formula is C7H8N2O3. The minimum Gasteiger partial charge on any atom is -0.430 e. The zero-order chi connectivity index (χ0) is 8.97. The molecular weight excluding hydrogens is 160 g/mol. The average Bonchev–Trinajstić information content (AvgIpc) is 2.03. The summed E-state index contributed by atoms with van der Waals surface area (Å²) in [4.78, 5) is 9.36. The number of nitro groups is 1. The van der Waals surface area contributed by atoms with Crippen LogP contribution in [0.3, 0.4) is 0 Å². The second-order valence-corrected chi connectivity index (χ2v) is 2.14. The van der Waals surface area contributed by atoms with E-state index in [2.05, 4.69) is 0 Å². The zero-order valence-corrected chi connectivity index (χ0v) is 6.27. The van der Waals surface area contributed by atoms with Crippen molar-refractivity contribution in [3.05, 3.63) is 34.4 Å². The third kappa shape index (κ3) is 2.12. The quantitative estimate of drug-likeness (QED) is 0.314. The van der Waals surface area contributed by atoms with Crippen molar-refractivity contribution in [1.29, 1.82) is 0 Å². The molecule has 0 aliphatic carbocycles. The predicted octanol–water partition coefficient (Wildman–Crippen LogP) is 0.882. The number of hydrogen-bond donors (Lipinski definition) is 1. The summed E-state index contributed by atoms with van der Waals surface area (Å²) in [7, 11) is 0. The first-order valence-corrected chi connectivity index (χ1v) is 3.29. The number of nitrogens with two attached hydrogens (primary N) is 1. The predicted molar refractivity (Wildman–Crippen MR) is 43.3 cm³/mol. The van der Waals surface area contributed by atoms with Crippen LogP contribution in [-0.2, 0) is 0 Å². The topological polar surface area (TPSA) is 78.4 Å². The molecule has 2 N–H and O–H groups in total. The van der Waals surface area contributed by atoms with Gasteiger partial charge in [0.15, 0.2) is 0 Å². The van der Waals surface area contributed by atoms with Crippen LogP contribution in [0.1, 0.15) is 0 Å². The highest BCUT2D eigenvalue weighted by molar-refractivity contribution is 5.51. The van der Waals surface area contributed by atoms with Crippen LogP contribution in [-0.4, -0.2) is 11.7 Å². The first-order chi connectivity index (χ1) is 5.70. The molecule has 1 aromatic rings. The Hall–Kier alpha value is -1.78. The van der Waals surface area contributed by atoms with Gasteiger partial charge in [0, 0.05) is 0 Å². The van der Waals surface area contributed by atoms with E-state index in [1.165, 1.54) is 0 Å². The van der Waals surface area contributed by atoms with E-state index in [1.54, 1.807) is 24.3 Å². The summed E-state index contributed by atoms with van der Waals surface area (Å²) in [5, 5.41) is 9.92. The maximum atomic E-state index is 9.92. The van der Waals surface area contributed by atoms with E-state index < -0.39 is 11.7 Å². The van der Waals surface area contributed by atoms with Crippen LogP contribution in [0.5, 0.6) is 5.75 Å². The molecule has 0 aliphatic rings. The summed E-state index contributed by atoms with van der Waals surface area (Å²) in [5.41, 5.74) is 5.86. The van der Waals surface area contributed by atoms with E-state index in [1.807, 2.05) is 0 Å². The summed E-state index contributed by atoms with van der Waals surface area (Å²) in [6.45, 7) is -0.561. The fourth-order valence-electron chi connectivity index (χ4n) is 0.734. The SMILES string of the molecule is Nc1ccccc1OC[N+](=O)[O-]. The molecule has 5 nitrogen and oxygen atoms in total. The number of ether oxygens (including phenoxy) is 1. The molecule has 64 valence electrons. The molecule has 0 heterocycles. The van der Waals surface area contributed by atoms with Gasteiger partial charge in [-0.15, -0.1) is 0 Å². The Bertz CT molecular complexity index is 288. The van der Waals surface area contributed by atoms with Crippen molar-refractivity contribution in [2.75, 3.05) is 12.5 Å². The third-order valence-corrected chi connectivity index (χ3v) is 1.24. The van der Waals surface area contributed by atoms with E-state index in [0.29, 0.717) is 11.4 Å². The highest BCUT2D eigenvalue weighted by Crippen LogP contribution is 2.19. The summed E-state index contributed by atoms with van der Waals surface area (Å²) in [6, 6.07) is 6.63. The molecule has 0 saturated carbocycles. The molecule has 0 fully saturated rings. The minimum absolute atomic E-state index is 0.342. The molecule has 5 heteroatoms. The second-order valence-electron chi connectivity index (χ2n) is 2.14. The number of nitrogens with zero attached hydrogens (tertiary/aromatic N) is 1. The number of rotatable bonds is 3. The number of hydrogen-bond acceptors (Lipinski definition) is 4. The molecule has 0 saturated heterocycles. The average molecular weight is 168 g/mol. The van der Waals surface area contributed by atoms with Crippen molar-refractivity contribution in [2.45, 2.75) is 0 Å². The van der Waals surface area contributed by atoms with Gasteiger partial charge in [-0.1, -0.05) is 12.1 Å². The van der Waals surface area contributed by atoms with Gasteiger partial charge in [0.05, 0.1) is 10.6 Å². The number of anilines is 1. The first-order valence-electron chi connectivity index (χ1n) is 3.29. The lowest BCUT2D eigenvalue weighted by Crippen LogP contribution is -2.09. The monoisotopic (exact) mass is 168 g/mol. The van der Waals surface area contributed by atoms with Crippen LogP contribution in [0.2, 0.25) is 0 Å². The van der Waals surface area contributed by atoms with E-state index in [9.17, 15) is 10.1 Å². The maximum Gasteiger partial charge on any atom is 0.344 e. The highest BCUT2D eigenvalue weighted by atomic mass is 16.7. The molecule has 0 aromatic heterocycles. The van der Waals surface area contributed by atoms with Crippen LogP contribution >= 0.6 is 0 Å². The fourth-order valence-corrected chi connectivity index (χ4v) is 0.734. The summed E-state index contributed by atoms with van der Waals surface area (Å²) in [5.74, 6) is 0.342. The van der Waals surface area contributed by atoms with Crippen molar-refractivity contribution in [3.63, 3.8) is 0 Å². The Morgan fingerprint density at radius 3 is 2.75 bits per heavy atom. The summed E-state index contributed by atoms with van der Waals surface area (Å²) < 4.78 is 4.77. The molecule has 0 radical (unpaired) electrons. The summed E-state index contributed by atoms with van der Waals surface area (Å²) in [6.07, 6.45) is 0. The van der Waals surface area contributed by atoms with Crippen LogP contribution in [0.25, 0.3) is 0 Å². The van der Waals surface area contributed by atoms with Crippen LogP contribution in [0.4, 0.5) is 5.69 Å². The minimum atomic E-state index is -0.563. The number of nitrogen functional groups attached to an aromatic ring is 1. The van der Waals surface area contributed by atoms with Crippen molar-refractivity contribution in [2.24, 2.45) is 0 Å². The van der Waals surface area contributed by atoms with E-state index >= 15 is 0 Å². The largest absolute Gasteiger partial charge is 0.430 e. The van der Waals surface area contributed by atoms with E-state index in [0.717, 1.165) is 0 Å². The van der Waals surface area contributed by atoms with E-state index in [-0.39, 0.29) is 0 Å². The Kier molecular flexibility index (Phi) is 2.47. The van der Waals surface area contributed by atoms with Gasteiger partial charge in [-0.2, -0.15) is 0 Å². The Morgan fingerprint density at radius 2 is 2.17 bits per heavy atom. The Labute approximate surface area is 68.9 Å². The lowest BCUT2D eigenvalue weighted by atomic mass is 10.3. The van der Waals surface area contributed by atoms with Gasteiger partial charge in [-0.25, -0.2) is 0 Å². The second kappa shape index (κ2) is 3.56. The van der Waals surface area contributed by atoms with Crippen LogP contribution in [0.15, 0.2) is 24.3 Å². The molecule has 12 heavy (non-hydrogen) atoms. The van der Waals surface area contributed by atoms with Crippen LogP contribution in [0, 0.1) is 10.1 Å². The molecule has 0 amide bonds. The van der Waals surface area contributed by atoms with Crippen molar-refractivity contribution >= 4 is 5.69 Å². The lowest BCUT2D eigenvalue weighted by molar-refractivity contribution is -0.514. The normalized spacial score (nSPS) is 9.33. The molecule has 0 bridgehead atoms. The smallest absolute Gasteiger partial charge is 0.344 e. The van der Waals surface area contributed by atoms with Gasteiger partial charge >= 0.3 is 6.73 Å². The molecule has 0 spiro atoms. The standard InChI is InChI=1S/C7H8N2O3/c8-6-3-1-2-4-7(6)12-5-9(10)11/h1-4H,5,8H2. The molecule has 0 unspecified atom stereocenters. The van der Waals surface area contributed by atoms with Gasteiger partial charge in [-0.05, 0) is 12.1 Å². The zero-order valence-electron chi connectivity index (χ0n) is 6.27. The molecule has 0 aliphatic heterocycles. The van der Waals surface area contributed by atoms with Gasteiger partial charge in [-0.3, -0.25) is 10.1 Å². The van der Waals surface area contributed by atoms with Gasteiger partial charge in [0.1, 0.15) is 5.75 Å². The lowest BCUT2D eigenvalue weighted by Gasteiger charge is -2.02. The van der Waals surface area contributed by atoms with Crippen molar-refractivity contribution in [3.8, 4) is 5.75 Å². The molecule has 1 aromatic carbocycles. The van der Waals surface area contributed by atoms with E-state index in [4.69, 9.17) is 10.5 Å². The third-order valence-electron chi connectivity index (χ3n) is 1.24. The maximum absolute atomic E-state index is 9.92. The molecule has 0 atom stereocenters. The Morgan fingerprint density at radius 1 is 1.50 bits per heavy atom. The first kappa shape index (κ1) is 8.32. The van der Waals surface area contributed by atoms with Gasteiger partial charge in [0.2, 0.25) is 0 Å². The Balaban J connectivity index is 2.63. The summed E-state index contributed by atoms with van der Waals surface area (Å²) >= 11 is 0. The highest BCUT2D eigenvalue weighted by Gasteiger charge is 2.01. The van der Waals surface area contributed by atoms with Gasteiger partial charge in [0.25, 0.3) is 0 Å².